The Morgan fingerprint density at radius 1 is 1.25 bits per heavy atom. The van der Waals surface area contributed by atoms with Gasteiger partial charge in [0.15, 0.2) is 0 Å². The Kier molecular flexibility index (Phi) is 8.82. The molecule has 1 heterocycles. The van der Waals surface area contributed by atoms with Crippen LogP contribution >= 0.6 is 0 Å². The van der Waals surface area contributed by atoms with E-state index in [-0.39, 0.29) is 18.1 Å². The molecule has 0 saturated carbocycles. The largest absolute Gasteiger partial charge is 0.364 e. The Morgan fingerprint density at radius 2 is 1.95 bits per heavy atom. The van der Waals surface area contributed by atoms with Crippen LogP contribution < -0.4 is 11.1 Å². The first-order chi connectivity index (χ1) is 9.71. The average molecular weight is 285 g/mol. The number of hydrogen-bond acceptors (Lipinski definition) is 4. The topological polar surface area (TPSA) is 67.6 Å². The van der Waals surface area contributed by atoms with Crippen LogP contribution in [0.3, 0.4) is 0 Å². The van der Waals surface area contributed by atoms with Crippen LogP contribution in [-0.2, 0) is 9.53 Å². The molecule has 2 atom stereocenters. The van der Waals surface area contributed by atoms with Gasteiger partial charge in [0.2, 0.25) is 5.91 Å². The highest BCUT2D eigenvalue weighted by Crippen LogP contribution is 2.18. The molecule has 20 heavy (non-hydrogen) atoms. The second-order valence-corrected chi connectivity index (χ2v) is 5.55. The number of ether oxygens (including phenoxy) is 1. The van der Waals surface area contributed by atoms with E-state index >= 15 is 0 Å². The second kappa shape index (κ2) is 10.1. The normalized spacial score (nSPS) is 22.4. The van der Waals surface area contributed by atoms with Gasteiger partial charge >= 0.3 is 0 Å². The maximum Gasteiger partial charge on any atom is 0.249 e. The number of hydrogen-bond donors (Lipinski definition) is 2. The van der Waals surface area contributed by atoms with Crippen LogP contribution in [0.1, 0.15) is 46.0 Å². The van der Waals surface area contributed by atoms with Gasteiger partial charge < -0.3 is 20.7 Å². The molecule has 0 unspecified atom stereocenters. The summed E-state index contributed by atoms with van der Waals surface area (Å²) in [7, 11) is 0. The van der Waals surface area contributed by atoms with Gasteiger partial charge in [0.1, 0.15) is 6.10 Å². The van der Waals surface area contributed by atoms with E-state index in [4.69, 9.17) is 10.5 Å². The molecule has 0 aromatic carbocycles. The van der Waals surface area contributed by atoms with Crippen LogP contribution in [0.15, 0.2) is 0 Å². The van der Waals surface area contributed by atoms with Crippen molar-refractivity contribution in [2.24, 2.45) is 5.73 Å². The Bertz CT molecular complexity index is 268. The molecule has 0 aromatic heterocycles. The molecule has 1 aliphatic heterocycles. The first kappa shape index (κ1) is 17.4. The van der Waals surface area contributed by atoms with E-state index in [1.54, 1.807) is 0 Å². The van der Waals surface area contributed by atoms with Crippen LogP contribution in [0, 0.1) is 0 Å². The fourth-order valence-corrected chi connectivity index (χ4v) is 2.67. The van der Waals surface area contributed by atoms with Crippen molar-refractivity contribution >= 4 is 5.91 Å². The van der Waals surface area contributed by atoms with Crippen molar-refractivity contribution in [3.63, 3.8) is 0 Å². The van der Waals surface area contributed by atoms with E-state index in [2.05, 4.69) is 24.1 Å². The summed E-state index contributed by atoms with van der Waals surface area (Å²) in [6, 6.07) is 0. The molecule has 5 heteroatoms. The molecule has 0 bridgehead atoms. The van der Waals surface area contributed by atoms with Crippen molar-refractivity contribution in [1.29, 1.82) is 0 Å². The number of nitrogens with one attached hydrogen (secondary N) is 1. The van der Waals surface area contributed by atoms with Crippen molar-refractivity contribution in [1.82, 2.24) is 10.2 Å². The Hall–Kier alpha value is -0.650. The zero-order valence-electron chi connectivity index (χ0n) is 13.1. The van der Waals surface area contributed by atoms with E-state index in [9.17, 15) is 4.79 Å². The summed E-state index contributed by atoms with van der Waals surface area (Å²) in [5, 5.41) is 2.98. The molecule has 1 aliphatic rings. The van der Waals surface area contributed by atoms with E-state index < -0.39 is 0 Å². The van der Waals surface area contributed by atoms with Crippen LogP contribution in [0.2, 0.25) is 0 Å². The first-order valence-electron chi connectivity index (χ1n) is 8.06. The summed E-state index contributed by atoms with van der Waals surface area (Å²) in [5.41, 5.74) is 5.55. The van der Waals surface area contributed by atoms with Gasteiger partial charge in [0, 0.05) is 13.1 Å². The molecule has 1 amide bonds. The summed E-state index contributed by atoms with van der Waals surface area (Å²) in [5.74, 6) is 0.0264. The summed E-state index contributed by atoms with van der Waals surface area (Å²) < 4.78 is 5.58. The molecule has 1 rings (SSSR count). The maximum absolute atomic E-state index is 11.9. The Labute approximate surface area is 123 Å². The van der Waals surface area contributed by atoms with Gasteiger partial charge in [-0.3, -0.25) is 4.79 Å². The third-order valence-electron chi connectivity index (χ3n) is 3.69. The van der Waals surface area contributed by atoms with Crippen molar-refractivity contribution in [2.45, 2.75) is 58.2 Å². The minimum atomic E-state index is -0.286. The maximum atomic E-state index is 11.9. The summed E-state index contributed by atoms with van der Waals surface area (Å²) >= 11 is 0. The van der Waals surface area contributed by atoms with Crippen molar-refractivity contribution in [3.05, 3.63) is 0 Å². The van der Waals surface area contributed by atoms with Crippen molar-refractivity contribution in [3.8, 4) is 0 Å². The van der Waals surface area contributed by atoms with Gasteiger partial charge in [-0.15, -0.1) is 0 Å². The number of nitrogens with zero attached hydrogens (tertiary/aromatic N) is 1. The van der Waals surface area contributed by atoms with Gasteiger partial charge in [0.25, 0.3) is 0 Å². The third kappa shape index (κ3) is 6.20. The van der Waals surface area contributed by atoms with Crippen molar-refractivity contribution in [2.75, 3.05) is 32.7 Å². The Balaban J connectivity index is 2.12. The lowest BCUT2D eigenvalue weighted by molar-refractivity contribution is -0.131. The summed E-state index contributed by atoms with van der Waals surface area (Å²) in [6.07, 6.45) is 4.84. The number of nitrogens with two attached hydrogens (primary N) is 1. The monoisotopic (exact) mass is 285 g/mol. The van der Waals surface area contributed by atoms with E-state index in [1.807, 2.05) is 0 Å². The van der Waals surface area contributed by atoms with Crippen LogP contribution in [0.25, 0.3) is 0 Å². The molecule has 0 radical (unpaired) electrons. The standard InChI is InChI=1S/C15H31N3O2/c1-3-9-18(10-4-2)11-5-8-17-15(19)14-7-6-13(12-16)20-14/h13-14H,3-12,16H2,1-2H3,(H,17,19)/t13-,14+/m1/s1. The van der Waals surface area contributed by atoms with Gasteiger partial charge in [-0.2, -0.15) is 0 Å². The molecular weight excluding hydrogens is 254 g/mol. The molecule has 3 N–H and O–H groups in total. The molecule has 118 valence electrons. The summed E-state index contributed by atoms with van der Waals surface area (Å²) in [4.78, 5) is 14.4. The van der Waals surface area contributed by atoms with Gasteiger partial charge in [-0.25, -0.2) is 0 Å². The first-order valence-corrected chi connectivity index (χ1v) is 8.06. The fraction of sp³-hybridized carbons (Fsp3) is 0.933. The number of carbonyl (C=O) groups excluding carboxylic acids is 1. The third-order valence-corrected chi connectivity index (χ3v) is 3.69. The molecule has 1 fully saturated rings. The zero-order valence-corrected chi connectivity index (χ0v) is 13.1. The van der Waals surface area contributed by atoms with E-state index in [0.717, 1.165) is 45.4 Å². The lowest BCUT2D eigenvalue weighted by Gasteiger charge is -2.21. The lowest BCUT2D eigenvalue weighted by Crippen LogP contribution is -2.37. The molecule has 0 aliphatic carbocycles. The number of carbonyl (C=O) groups is 1. The zero-order chi connectivity index (χ0) is 14.8. The van der Waals surface area contributed by atoms with Gasteiger partial charge in [-0.05, 0) is 51.7 Å². The molecule has 0 spiro atoms. The highest BCUT2D eigenvalue weighted by molar-refractivity contribution is 5.80. The van der Waals surface area contributed by atoms with E-state index in [0.29, 0.717) is 6.54 Å². The van der Waals surface area contributed by atoms with Crippen LogP contribution in [0.5, 0.6) is 0 Å². The molecular formula is C15H31N3O2. The highest BCUT2D eigenvalue weighted by Gasteiger charge is 2.29. The second-order valence-electron chi connectivity index (χ2n) is 5.55. The van der Waals surface area contributed by atoms with Crippen LogP contribution in [-0.4, -0.2) is 55.7 Å². The minimum absolute atomic E-state index is 0.0264. The van der Waals surface area contributed by atoms with Crippen molar-refractivity contribution < 1.29 is 9.53 Å². The Morgan fingerprint density at radius 3 is 2.50 bits per heavy atom. The smallest absolute Gasteiger partial charge is 0.249 e. The molecule has 0 aromatic rings. The fourth-order valence-electron chi connectivity index (χ4n) is 2.67. The SMILES string of the molecule is CCCN(CCC)CCCNC(=O)[C@@H]1CC[C@H](CN)O1. The number of rotatable bonds is 10. The molecule has 1 saturated heterocycles. The molecule has 5 nitrogen and oxygen atoms in total. The predicted octanol–water partition coefficient (Wildman–Crippen LogP) is 1.12. The predicted molar refractivity (Wildman–Crippen MR) is 81.6 cm³/mol. The quantitative estimate of drug-likeness (QED) is 0.590. The average Bonchev–Trinajstić information content (AvgIpc) is 2.92. The lowest BCUT2D eigenvalue weighted by atomic mass is 10.2. The number of amides is 1. The summed E-state index contributed by atoms with van der Waals surface area (Å²) in [6.45, 7) is 8.99. The van der Waals surface area contributed by atoms with Gasteiger partial charge in [0.05, 0.1) is 6.10 Å². The highest BCUT2D eigenvalue weighted by atomic mass is 16.5. The van der Waals surface area contributed by atoms with Crippen LogP contribution in [0.4, 0.5) is 0 Å². The van der Waals surface area contributed by atoms with Gasteiger partial charge in [-0.1, -0.05) is 13.8 Å². The van der Waals surface area contributed by atoms with E-state index in [1.165, 1.54) is 12.8 Å². The minimum Gasteiger partial charge on any atom is -0.364 e.